The minimum atomic E-state index is -0.250. The first-order valence-electron chi connectivity index (χ1n) is 9.31. The van der Waals surface area contributed by atoms with Gasteiger partial charge in [-0.15, -0.1) is 0 Å². The first-order valence-corrected chi connectivity index (χ1v) is 9.31. The molecule has 3 atom stereocenters. The summed E-state index contributed by atoms with van der Waals surface area (Å²) in [7, 11) is 0. The molecule has 0 bridgehead atoms. The summed E-state index contributed by atoms with van der Waals surface area (Å²) in [5, 5.41) is 10.2. The van der Waals surface area contributed by atoms with Crippen molar-refractivity contribution in [1.29, 1.82) is 0 Å². The van der Waals surface area contributed by atoms with Gasteiger partial charge in [0.05, 0.1) is 25.4 Å². The molecule has 0 aromatic rings. The Kier molecular flexibility index (Phi) is 5.75. The molecule has 3 rings (SSSR count). The Labute approximate surface area is 134 Å². The van der Waals surface area contributed by atoms with E-state index in [2.05, 4.69) is 0 Å². The molecule has 126 valence electrons. The molecule has 0 aromatic heterocycles. The van der Waals surface area contributed by atoms with Crippen LogP contribution in [0.2, 0.25) is 0 Å². The first kappa shape index (κ1) is 16.3. The summed E-state index contributed by atoms with van der Waals surface area (Å²) in [6.45, 7) is 1.97. The van der Waals surface area contributed by atoms with Crippen LogP contribution in [0.5, 0.6) is 0 Å². The lowest BCUT2D eigenvalue weighted by molar-refractivity contribution is -0.145. The van der Waals surface area contributed by atoms with Gasteiger partial charge in [0, 0.05) is 18.9 Å². The third kappa shape index (κ3) is 3.83. The van der Waals surface area contributed by atoms with Gasteiger partial charge in [0.1, 0.15) is 0 Å². The van der Waals surface area contributed by atoms with E-state index in [4.69, 9.17) is 4.74 Å². The molecule has 2 aliphatic carbocycles. The number of aliphatic hydroxyl groups is 1. The maximum absolute atomic E-state index is 12.8. The molecule has 22 heavy (non-hydrogen) atoms. The van der Waals surface area contributed by atoms with Crippen molar-refractivity contribution < 1.29 is 14.6 Å². The van der Waals surface area contributed by atoms with Crippen LogP contribution >= 0.6 is 0 Å². The van der Waals surface area contributed by atoms with Crippen molar-refractivity contribution in [2.75, 3.05) is 19.8 Å². The number of rotatable bonds is 3. The highest BCUT2D eigenvalue weighted by Gasteiger charge is 2.39. The Balaban J connectivity index is 1.60. The van der Waals surface area contributed by atoms with Crippen molar-refractivity contribution in [3.05, 3.63) is 0 Å². The van der Waals surface area contributed by atoms with Crippen molar-refractivity contribution in [3.8, 4) is 0 Å². The predicted octanol–water partition coefficient (Wildman–Crippen LogP) is 2.74. The fraction of sp³-hybridized carbons (Fsp3) is 0.944. The number of amides is 1. The van der Waals surface area contributed by atoms with Crippen molar-refractivity contribution in [2.45, 2.75) is 76.4 Å². The Hall–Kier alpha value is -0.610. The average molecular weight is 309 g/mol. The molecule has 0 spiro atoms. The molecule has 1 heterocycles. The highest BCUT2D eigenvalue weighted by Crippen LogP contribution is 2.33. The third-order valence-electron chi connectivity index (χ3n) is 5.95. The van der Waals surface area contributed by atoms with E-state index in [-0.39, 0.29) is 18.1 Å². The van der Waals surface area contributed by atoms with Crippen LogP contribution in [0.4, 0.5) is 0 Å². The zero-order chi connectivity index (χ0) is 15.4. The van der Waals surface area contributed by atoms with E-state index in [1.165, 1.54) is 38.5 Å². The fourth-order valence-electron chi connectivity index (χ4n) is 4.64. The fourth-order valence-corrected chi connectivity index (χ4v) is 4.64. The van der Waals surface area contributed by atoms with Gasteiger partial charge < -0.3 is 14.7 Å². The Morgan fingerprint density at radius 1 is 1.05 bits per heavy atom. The number of hydrogen-bond acceptors (Lipinski definition) is 3. The summed E-state index contributed by atoms with van der Waals surface area (Å²) in [6, 6.07) is 0.101. The topological polar surface area (TPSA) is 49.8 Å². The second-order valence-corrected chi connectivity index (χ2v) is 7.45. The molecule has 1 N–H and O–H groups in total. The molecule has 1 saturated heterocycles. The summed E-state index contributed by atoms with van der Waals surface area (Å²) in [4.78, 5) is 14.9. The predicted molar refractivity (Wildman–Crippen MR) is 85.5 cm³/mol. The quantitative estimate of drug-likeness (QED) is 0.816. The van der Waals surface area contributed by atoms with Crippen LogP contribution in [0, 0.1) is 11.8 Å². The van der Waals surface area contributed by atoms with Crippen molar-refractivity contribution >= 4 is 5.91 Å². The normalized spacial score (nSPS) is 34.6. The lowest BCUT2D eigenvalue weighted by Gasteiger charge is -2.40. The Bertz CT molecular complexity index is 365. The minimum absolute atomic E-state index is 0.101. The number of hydrogen-bond donors (Lipinski definition) is 1. The molecule has 4 nitrogen and oxygen atoms in total. The monoisotopic (exact) mass is 309 g/mol. The SMILES string of the molecule is O=C(CC1CCCCCC1)N1CCOC[C@@H]1[C@H]1CCC[C@H]1O. The second kappa shape index (κ2) is 7.78. The molecule has 2 saturated carbocycles. The van der Waals surface area contributed by atoms with Crippen LogP contribution < -0.4 is 0 Å². The highest BCUT2D eigenvalue weighted by atomic mass is 16.5. The lowest BCUT2D eigenvalue weighted by atomic mass is 9.92. The van der Waals surface area contributed by atoms with Gasteiger partial charge in [-0.1, -0.05) is 32.1 Å². The average Bonchev–Trinajstić information content (AvgIpc) is 2.80. The molecule has 0 unspecified atom stereocenters. The zero-order valence-electron chi connectivity index (χ0n) is 13.7. The van der Waals surface area contributed by atoms with Crippen LogP contribution in [-0.4, -0.2) is 47.8 Å². The molecule has 3 fully saturated rings. The number of aliphatic hydroxyl groups excluding tert-OH is 1. The highest BCUT2D eigenvalue weighted by molar-refractivity contribution is 5.77. The third-order valence-corrected chi connectivity index (χ3v) is 5.95. The van der Waals surface area contributed by atoms with Crippen molar-refractivity contribution in [2.24, 2.45) is 11.8 Å². The maximum atomic E-state index is 12.8. The molecule has 0 radical (unpaired) electrons. The summed E-state index contributed by atoms with van der Waals surface area (Å²) >= 11 is 0. The van der Waals surface area contributed by atoms with Crippen LogP contribution in [0.15, 0.2) is 0 Å². The summed E-state index contributed by atoms with van der Waals surface area (Å²) in [5.74, 6) is 1.10. The van der Waals surface area contributed by atoms with Crippen molar-refractivity contribution in [3.63, 3.8) is 0 Å². The first-order chi connectivity index (χ1) is 10.8. The van der Waals surface area contributed by atoms with Gasteiger partial charge in [0.2, 0.25) is 5.91 Å². The van der Waals surface area contributed by atoms with E-state index in [0.717, 1.165) is 19.3 Å². The number of ether oxygens (including phenoxy) is 1. The van der Waals surface area contributed by atoms with E-state index < -0.39 is 0 Å². The molecular formula is C18H31NO3. The van der Waals surface area contributed by atoms with Gasteiger partial charge in [-0.25, -0.2) is 0 Å². The number of carbonyl (C=O) groups excluding carboxylic acids is 1. The molecule has 1 amide bonds. The second-order valence-electron chi connectivity index (χ2n) is 7.45. The molecular weight excluding hydrogens is 278 g/mol. The van der Waals surface area contributed by atoms with Crippen LogP contribution in [0.25, 0.3) is 0 Å². The van der Waals surface area contributed by atoms with E-state index >= 15 is 0 Å². The summed E-state index contributed by atoms with van der Waals surface area (Å²) in [6.07, 6.45) is 11.1. The van der Waals surface area contributed by atoms with Crippen molar-refractivity contribution in [1.82, 2.24) is 4.90 Å². The number of morpholine rings is 1. The summed E-state index contributed by atoms with van der Waals surface area (Å²) < 4.78 is 5.63. The van der Waals surface area contributed by atoms with E-state index in [1.54, 1.807) is 0 Å². The molecule has 3 aliphatic rings. The number of nitrogens with zero attached hydrogens (tertiary/aromatic N) is 1. The summed E-state index contributed by atoms with van der Waals surface area (Å²) in [5.41, 5.74) is 0. The maximum Gasteiger partial charge on any atom is 0.223 e. The zero-order valence-corrected chi connectivity index (χ0v) is 13.7. The van der Waals surface area contributed by atoms with Gasteiger partial charge in [0.25, 0.3) is 0 Å². The van der Waals surface area contributed by atoms with Gasteiger partial charge in [-0.2, -0.15) is 0 Å². The lowest BCUT2D eigenvalue weighted by Crippen LogP contribution is -2.53. The molecule has 4 heteroatoms. The van der Waals surface area contributed by atoms with E-state index in [0.29, 0.717) is 38.0 Å². The van der Waals surface area contributed by atoms with E-state index in [9.17, 15) is 9.90 Å². The Morgan fingerprint density at radius 3 is 2.50 bits per heavy atom. The largest absolute Gasteiger partial charge is 0.393 e. The minimum Gasteiger partial charge on any atom is -0.393 e. The van der Waals surface area contributed by atoms with Gasteiger partial charge in [-0.05, 0) is 31.6 Å². The number of carbonyl (C=O) groups is 1. The standard InChI is InChI=1S/C18H31NO3/c20-17-9-5-8-15(17)16-13-22-11-10-19(16)18(21)12-14-6-3-1-2-4-7-14/h14-17,20H,1-13H2/t15-,16-,17-/m1/s1. The van der Waals surface area contributed by atoms with Gasteiger partial charge >= 0.3 is 0 Å². The van der Waals surface area contributed by atoms with Gasteiger partial charge in [0.15, 0.2) is 0 Å². The Morgan fingerprint density at radius 2 is 1.82 bits per heavy atom. The van der Waals surface area contributed by atoms with Crippen LogP contribution in [0.1, 0.15) is 64.2 Å². The van der Waals surface area contributed by atoms with Crippen LogP contribution in [-0.2, 0) is 9.53 Å². The van der Waals surface area contributed by atoms with Gasteiger partial charge in [-0.3, -0.25) is 4.79 Å². The smallest absolute Gasteiger partial charge is 0.223 e. The molecule has 1 aliphatic heterocycles. The molecule has 0 aromatic carbocycles. The van der Waals surface area contributed by atoms with E-state index in [1.807, 2.05) is 4.90 Å². The van der Waals surface area contributed by atoms with Crippen LogP contribution in [0.3, 0.4) is 0 Å².